The summed E-state index contributed by atoms with van der Waals surface area (Å²) in [6.45, 7) is 10.6. The predicted molar refractivity (Wildman–Crippen MR) is 87.6 cm³/mol. The van der Waals surface area contributed by atoms with Crippen LogP contribution in [-0.4, -0.2) is 34.4 Å². The summed E-state index contributed by atoms with van der Waals surface area (Å²) in [7, 11) is 0. The highest BCUT2D eigenvalue weighted by Crippen LogP contribution is 2.41. The molecule has 0 unspecified atom stereocenters. The first-order chi connectivity index (χ1) is 10.0. The fourth-order valence-corrected chi connectivity index (χ4v) is 4.16. The SMILES string of the molecule is CC(C)(C)OC(=O)[C@H]1[C@H](CC2(O)CCCCC2)CNC1(C)C. The second kappa shape index (κ2) is 6.12. The van der Waals surface area contributed by atoms with E-state index in [1.165, 1.54) is 6.42 Å². The molecule has 2 rings (SSSR count). The molecule has 1 saturated heterocycles. The lowest BCUT2D eigenvalue weighted by molar-refractivity contribution is -0.164. The van der Waals surface area contributed by atoms with Crippen molar-refractivity contribution in [3.8, 4) is 0 Å². The Morgan fingerprint density at radius 2 is 1.82 bits per heavy atom. The van der Waals surface area contributed by atoms with Gasteiger partial charge in [-0.1, -0.05) is 19.3 Å². The second-order valence-corrected chi connectivity index (χ2v) is 8.86. The maximum absolute atomic E-state index is 12.7. The maximum atomic E-state index is 12.7. The number of rotatable bonds is 3. The summed E-state index contributed by atoms with van der Waals surface area (Å²) < 4.78 is 5.65. The highest BCUT2D eigenvalue weighted by Gasteiger charge is 2.50. The van der Waals surface area contributed by atoms with Gasteiger partial charge in [0.25, 0.3) is 0 Å². The Labute approximate surface area is 135 Å². The lowest BCUT2D eigenvalue weighted by atomic mass is 9.73. The van der Waals surface area contributed by atoms with Crippen LogP contribution in [0.2, 0.25) is 0 Å². The van der Waals surface area contributed by atoms with Gasteiger partial charge in [-0.2, -0.15) is 0 Å². The summed E-state index contributed by atoms with van der Waals surface area (Å²) in [5.74, 6) is -0.183. The van der Waals surface area contributed by atoms with Crippen LogP contribution in [-0.2, 0) is 9.53 Å². The summed E-state index contributed by atoms with van der Waals surface area (Å²) in [5.41, 5.74) is -1.34. The van der Waals surface area contributed by atoms with Crippen LogP contribution in [0.1, 0.15) is 73.1 Å². The topological polar surface area (TPSA) is 58.6 Å². The van der Waals surface area contributed by atoms with Gasteiger partial charge < -0.3 is 15.2 Å². The normalized spacial score (nSPS) is 31.0. The van der Waals surface area contributed by atoms with E-state index in [-0.39, 0.29) is 23.3 Å². The number of hydrogen-bond acceptors (Lipinski definition) is 4. The van der Waals surface area contributed by atoms with Crippen molar-refractivity contribution in [3.05, 3.63) is 0 Å². The van der Waals surface area contributed by atoms with Gasteiger partial charge in [0.15, 0.2) is 0 Å². The molecule has 2 atom stereocenters. The van der Waals surface area contributed by atoms with E-state index in [9.17, 15) is 9.90 Å². The first-order valence-corrected chi connectivity index (χ1v) is 8.73. The molecule has 1 saturated carbocycles. The van der Waals surface area contributed by atoms with E-state index in [1.807, 2.05) is 20.8 Å². The van der Waals surface area contributed by atoms with Crippen LogP contribution in [0.15, 0.2) is 0 Å². The third-order valence-corrected chi connectivity index (χ3v) is 5.16. The average Bonchev–Trinajstić information content (AvgIpc) is 2.62. The van der Waals surface area contributed by atoms with Gasteiger partial charge in [-0.3, -0.25) is 4.79 Å². The van der Waals surface area contributed by atoms with Crippen molar-refractivity contribution in [2.24, 2.45) is 11.8 Å². The monoisotopic (exact) mass is 311 g/mol. The molecule has 2 aliphatic rings. The zero-order valence-corrected chi connectivity index (χ0v) is 14.9. The Bertz CT molecular complexity index is 405. The lowest BCUT2D eigenvalue weighted by Gasteiger charge is -2.37. The average molecular weight is 311 g/mol. The molecule has 0 aromatic carbocycles. The first-order valence-electron chi connectivity index (χ1n) is 8.73. The third kappa shape index (κ3) is 4.23. The molecule has 1 aliphatic heterocycles. The lowest BCUT2D eigenvalue weighted by Crippen LogP contribution is -2.46. The summed E-state index contributed by atoms with van der Waals surface area (Å²) >= 11 is 0. The number of aliphatic hydroxyl groups is 1. The van der Waals surface area contributed by atoms with Gasteiger partial charge >= 0.3 is 5.97 Å². The Hall–Kier alpha value is -0.610. The Morgan fingerprint density at radius 3 is 2.36 bits per heavy atom. The Balaban J connectivity index is 2.10. The van der Waals surface area contributed by atoms with E-state index >= 15 is 0 Å². The van der Waals surface area contributed by atoms with Gasteiger partial charge in [0.05, 0.1) is 11.5 Å². The van der Waals surface area contributed by atoms with Crippen LogP contribution >= 0.6 is 0 Å². The van der Waals surface area contributed by atoms with E-state index in [2.05, 4.69) is 19.2 Å². The highest BCUT2D eigenvalue weighted by atomic mass is 16.6. The Morgan fingerprint density at radius 1 is 1.23 bits per heavy atom. The van der Waals surface area contributed by atoms with Crippen LogP contribution in [0.25, 0.3) is 0 Å². The van der Waals surface area contributed by atoms with Crippen molar-refractivity contribution in [1.82, 2.24) is 5.32 Å². The fourth-order valence-electron chi connectivity index (χ4n) is 4.16. The smallest absolute Gasteiger partial charge is 0.311 e. The molecule has 2 N–H and O–H groups in total. The molecule has 1 heterocycles. The Kier molecular flexibility index (Phi) is 4.94. The van der Waals surface area contributed by atoms with Crippen LogP contribution in [0.4, 0.5) is 0 Å². The largest absolute Gasteiger partial charge is 0.460 e. The highest BCUT2D eigenvalue weighted by molar-refractivity contribution is 5.75. The van der Waals surface area contributed by atoms with Crippen molar-refractivity contribution < 1.29 is 14.6 Å². The minimum atomic E-state index is -0.592. The van der Waals surface area contributed by atoms with E-state index < -0.39 is 11.2 Å². The van der Waals surface area contributed by atoms with Crippen molar-refractivity contribution >= 4 is 5.97 Å². The van der Waals surface area contributed by atoms with Crippen molar-refractivity contribution in [2.75, 3.05) is 6.54 Å². The van der Waals surface area contributed by atoms with Crippen LogP contribution < -0.4 is 5.32 Å². The third-order valence-electron chi connectivity index (χ3n) is 5.16. The summed E-state index contributed by atoms with van der Waals surface area (Å²) in [5, 5.41) is 14.3. The van der Waals surface area contributed by atoms with E-state index in [4.69, 9.17) is 4.74 Å². The summed E-state index contributed by atoms with van der Waals surface area (Å²) in [6.07, 6.45) is 5.84. The first kappa shape index (κ1) is 17.7. The van der Waals surface area contributed by atoms with Crippen molar-refractivity contribution in [3.63, 3.8) is 0 Å². The number of carbonyl (C=O) groups excluding carboxylic acids is 1. The standard InChI is InChI=1S/C18H33NO3/c1-16(2,3)22-15(20)14-13(12-19-17(14,4)5)11-18(21)9-7-6-8-10-18/h13-14,19,21H,6-12H2,1-5H3/t13-,14-/m1/s1. The van der Waals surface area contributed by atoms with Gasteiger partial charge in [-0.05, 0) is 66.3 Å². The zero-order valence-electron chi connectivity index (χ0n) is 14.9. The van der Waals surface area contributed by atoms with Gasteiger partial charge in [0, 0.05) is 5.54 Å². The molecule has 4 nitrogen and oxygen atoms in total. The van der Waals surface area contributed by atoms with E-state index in [1.54, 1.807) is 0 Å². The second-order valence-electron chi connectivity index (χ2n) is 8.86. The number of carbonyl (C=O) groups is 1. The quantitative estimate of drug-likeness (QED) is 0.787. The molecular formula is C18H33NO3. The predicted octanol–water partition coefficient (Wildman–Crippen LogP) is 3.03. The van der Waals surface area contributed by atoms with Crippen molar-refractivity contribution in [1.29, 1.82) is 0 Å². The molecule has 22 heavy (non-hydrogen) atoms. The minimum absolute atomic E-state index is 0.132. The van der Waals surface area contributed by atoms with Crippen LogP contribution in [0.5, 0.6) is 0 Å². The summed E-state index contributed by atoms with van der Waals surface area (Å²) in [4.78, 5) is 12.7. The molecule has 1 aliphatic carbocycles. The van der Waals surface area contributed by atoms with Gasteiger partial charge in [0.2, 0.25) is 0 Å². The molecule has 0 aromatic rings. The van der Waals surface area contributed by atoms with Gasteiger partial charge in [0.1, 0.15) is 5.60 Å². The molecular weight excluding hydrogens is 278 g/mol. The van der Waals surface area contributed by atoms with E-state index in [0.29, 0.717) is 6.42 Å². The van der Waals surface area contributed by atoms with Gasteiger partial charge in [-0.25, -0.2) is 0 Å². The van der Waals surface area contributed by atoms with Gasteiger partial charge in [-0.15, -0.1) is 0 Å². The number of hydrogen-bond donors (Lipinski definition) is 2. The van der Waals surface area contributed by atoms with Crippen LogP contribution in [0, 0.1) is 11.8 Å². The fraction of sp³-hybridized carbons (Fsp3) is 0.944. The maximum Gasteiger partial charge on any atom is 0.311 e. The molecule has 4 heteroatoms. The summed E-state index contributed by atoms with van der Waals surface area (Å²) in [6, 6.07) is 0. The molecule has 0 bridgehead atoms. The molecule has 0 amide bonds. The molecule has 0 radical (unpaired) electrons. The van der Waals surface area contributed by atoms with E-state index in [0.717, 1.165) is 32.2 Å². The van der Waals surface area contributed by atoms with Crippen molar-refractivity contribution in [2.45, 2.75) is 89.9 Å². The number of ether oxygens (including phenoxy) is 1. The molecule has 0 aromatic heterocycles. The number of nitrogens with one attached hydrogen (secondary N) is 1. The molecule has 128 valence electrons. The number of esters is 1. The minimum Gasteiger partial charge on any atom is -0.460 e. The van der Waals surface area contributed by atoms with Crippen LogP contribution in [0.3, 0.4) is 0 Å². The molecule has 2 fully saturated rings. The molecule has 0 spiro atoms. The zero-order chi connectivity index (χ0) is 16.6.